The molecule has 0 saturated carbocycles. The van der Waals surface area contributed by atoms with E-state index in [1.54, 1.807) is 0 Å². The molecule has 0 heterocycles. The standard InChI is InChI=1S/C23H49BS.Na.H/c1-3-5-7-9-11-13-15-17-19-21-23-24(25)22-20-18-16-14-12-10-8-6-4-2;;/h25H,3-23H2,1-2H3;;/q;+1;-1. The Morgan fingerprint density at radius 1 is 0.462 bits per heavy atom. The van der Waals surface area contributed by atoms with Crippen molar-refractivity contribution < 1.29 is 31.0 Å². The molecule has 0 saturated heterocycles. The van der Waals surface area contributed by atoms with Crippen LogP contribution in [-0.2, 0) is 0 Å². The van der Waals surface area contributed by atoms with E-state index in [2.05, 4.69) is 13.8 Å². The van der Waals surface area contributed by atoms with Crippen molar-refractivity contribution in [3.63, 3.8) is 0 Å². The van der Waals surface area contributed by atoms with E-state index in [1.165, 1.54) is 135 Å². The van der Waals surface area contributed by atoms with Crippen LogP contribution in [0.4, 0.5) is 0 Å². The molecule has 0 radical (unpaired) electrons. The van der Waals surface area contributed by atoms with Gasteiger partial charge in [-0.05, 0) is 0 Å². The van der Waals surface area contributed by atoms with Gasteiger partial charge in [-0.3, -0.25) is 0 Å². The fraction of sp³-hybridized carbons (Fsp3) is 1.00. The monoisotopic (exact) mass is 392 g/mol. The Bertz CT molecular complexity index is 244. The summed E-state index contributed by atoms with van der Waals surface area (Å²) in [4.78, 5) is 0. The summed E-state index contributed by atoms with van der Waals surface area (Å²) in [5, 5.41) is 0. The van der Waals surface area contributed by atoms with Crippen LogP contribution in [0.2, 0.25) is 12.6 Å². The van der Waals surface area contributed by atoms with Gasteiger partial charge in [0.2, 0.25) is 5.99 Å². The van der Waals surface area contributed by atoms with E-state index >= 15 is 0 Å². The Balaban J connectivity index is -0.00000288. The zero-order valence-corrected chi connectivity index (χ0v) is 21.8. The molecular formula is C23H50BNaS. The Kier molecular flexibility index (Phi) is 30.1. The molecule has 0 aromatic carbocycles. The number of hydrogen-bond acceptors (Lipinski definition) is 1. The molecule has 0 nitrogen and oxygen atoms in total. The van der Waals surface area contributed by atoms with Gasteiger partial charge in [0, 0.05) is 0 Å². The molecule has 26 heavy (non-hydrogen) atoms. The summed E-state index contributed by atoms with van der Waals surface area (Å²) in [6.45, 7) is 4.59. The molecule has 152 valence electrons. The third-order valence-electron chi connectivity index (χ3n) is 5.53. The molecule has 0 N–H and O–H groups in total. The molecule has 0 aliphatic rings. The van der Waals surface area contributed by atoms with E-state index in [4.69, 9.17) is 12.5 Å². The second-order valence-corrected chi connectivity index (χ2v) is 8.97. The van der Waals surface area contributed by atoms with Gasteiger partial charge >= 0.3 is 29.6 Å². The zero-order chi connectivity index (χ0) is 18.4. The zero-order valence-electron chi connectivity index (χ0n) is 19.9. The Morgan fingerprint density at radius 3 is 0.962 bits per heavy atom. The predicted molar refractivity (Wildman–Crippen MR) is 125 cm³/mol. The molecule has 0 atom stereocenters. The first-order valence-corrected chi connectivity index (χ1v) is 12.5. The SMILES string of the molecule is CCCCCCCCCCCCB(S)CCCCCCCCCCC.[H-].[Na+]. The van der Waals surface area contributed by atoms with E-state index in [-0.39, 0.29) is 31.0 Å². The Hall–Kier alpha value is 1.41. The Morgan fingerprint density at radius 2 is 0.692 bits per heavy atom. The van der Waals surface area contributed by atoms with Gasteiger partial charge in [-0.25, -0.2) is 12.5 Å². The summed E-state index contributed by atoms with van der Waals surface area (Å²) in [5.74, 6) is 0.665. The van der Waals surface area contributed by atoms with E-state index in [0.29, 0.717) is 5.99 Å². The van der Waals surface area contributed by atoms with Crippen LogP contribution in [0.1, 0.15) is 137 Å². The topological polar surface area (TPSA) is 0 Å². The third kappa shape index (κ3) is 25.4. The van der Waals surface area contributed by atoms with Gasteiger partial charge in [0.05, 0.1) is 0 Å². The van der Waals surface area contributed by atoms with E-state index < -0.39 is 0 Å². The molecule has 0 aliphatic carbocycles. The summed E-state index contributed by atoms with van der Waals surface area (Å²) in [6, 6.07) is 0. The van der Waals surface area contributed by atoms with Gasteiger partial charge in [-0.2, -0.15) is 0 Å². The molecular weight excluding hydrogens is 342 g/mol. The van der Waals surface area contributed by atoms with Crippen molar-refractivity contribution in [2.75, 3.05) is 0 Å². The van der Waals surface area contributed by atoms with Crippen molar-refractivity contribution >= 4 is 18.5 Å². The average Bonchev–Trinajstić information content (AvgIpc) is 2.62. The first kappa shape index (κ1) is 29.6. The van der Waals surface area contributed by atoms with E-state index in [9.17, 15) is 0 Å². The summed E-state index contributed by atoms with van der Waals surface area (Å²) in [7, 11) is 0. The molecule has 0 bridgehead atoms. The second kappa shape index (κ2) is 26.4. The van der Waals surface area contributed by atoms with Crippen LogP contribution in [0.5, 0.6) is 0 Å². The molecule has 0 aromatic heterocycles. The van der Waals surface area contributed by atoms with Gasteiger partial charge in [-0.1, -0.05) is 148 Å². The van der Waals surface area contributed by atoms with Crippen molar-refractivity contribution in [1.29, 1.82) is 0 Å². The van der Waals surface area contributed by atoms with Gasteiger partial charge in [0.15, 0.2) is 0 Å². The normalized spacial score (nSPS) is 10.7. The summed E-state index contributed by atoms with van der Waals surface area (Å²) >= 11 is 4.80. The van der Waals surface area contributed by atoms with Crippen LogP contribution >= 0.6 is 12.5 Å². The number of thiol groups is 1. The van der Waals surface area contributed by atoms with Crippen LogP contribution < -0.4 is 29.6 Å². The third-order valence-corrected chi connectivity index (χ3v) is 6.05. The van der Waals surface area contributed by atoms with Crippen LogP contribution in [0.25, 0.3) is 0 Å². The quantitative estimate of drug-likeness (QED) is 0.129. The van der Waals surface area contributed by atoms with Gasteiger partial charge in [0.25, 0.3) is 0 Å². The minimum Gasteiger partial charge on any atom is -1.00 e. The fourth-order valence-corrected chi connectivity index (χ4v) is 4.07. The largest absolute Gasteiger partial charge is 1.00 e. The van der Waals surface area contributed by atoms with Crippen molar-refractivity contribution in [1.82, 2.24) is 0 Å². The number of hydrogen-bond donors (Lipinski definition) is 1. The van der Waals surface area contributed by atoms with Crippen LogP contribution in [0.3, 0.4) is 0 Å². The Labute approximate surface area is 197 Å². The minimum absolute atomic E-state index is 0. The molecule has 0 aromatic rings. The van der Waals surface area contributed by atoms with Crippen molar-refractivity contribution in [2.24, 2.45) is 0 Å². The summed E-state index contributed by atoms with van der Waals surface area (Å²) < 4.78 is 0. The van der Waals surface area contributed by atoms with Gasteiger partial charge < -0.3 is 1.43 Å². The predicted octanol–water partition coefficient (Wildman–Crippen LogP) is 6.48. The molecule has 0 unspecified atom stereocenters. The maximum atomic E-state index is 4.80. The van der Waals surface area contributed by atoms with Crippen LogP contribution in [0.15, 0.2) is 0 Å². The van der Waals surface area contributed by atoms with E-state index in [0.717, 1.165) is 0 Å². The van der Waals surface area contributed by atoms with Crippen molar-refractivity contribution in [3.8, 4) is 0 Å². The summed E-state index contributed by atoms with van der Waals surface area (Å²) in [5.41, 5.74) is 0. The number of unbranched alkanes of at least 4 members (excludes halogenated alkanes) is 17. The van der Waals surface area contributed by atoms with Crippen LogP contribution in [0, 0.1) is 0 Å². The van der Waals surface area contributed by atoms with E-state index in [1.807, 2.05) is 0 Å². The average molecular weight is 393 g/mol. The minimum atomic E-state index is 0. The van der Waals surface area contributed by atoms with Crippen molar-refractivity contribution in [2.45, 2.75) is 148 Å². The van der Waals surface area contributed by atoms with Crippen LogP contribution in [-0.4, -0.2) is 5.99 Å². The number of rotatable bonds is 21. The molecule has 0 fully saturated rings. The second-order valence-electron chi connectivity index (χ2n) is 8.24. The molecule has 3 heteroatoms. The first-order chi connectivity index (χ1) is 12.3. The van der Waals surface area contributed by atoms with Crippen molar-refractivity contribution in [3.05, 3.63) is 0 Å². The molecule has 0 rings (SSSR count). The van der Waals surface area contributed by atoms with Gasteiger partial charge in [-0.15, -0.1) is 0 Å². The first-order valence-electron chi connectivity index (χ1n) is 12.0. The maximum Gasteiger partial charge on any atom is 1.00 e. The van der Waals surface area contributed by atoms with Gasteiger partial charge in [0.1, 0.15) is 0 Å². The summed E-state index contributed by atoms with van der Waals surface area (Å²) in [6.07, 6.45) is 30.0. The fourth-order valence-electron chi connectivity index (χ4n) is 3.70. The molecule has 0 spiro atoms. The smallest absolute Gasteiger partial charge is 1.00 e. The maximum absolute atomic E-state index is 4.80. The molecule has 0 aliphatic heterocycles. The molecule has 0 amide bonds.